The van der Waals surface area contributed by atoms with Crippen molar-refractivity contribution in [2.24, 2.45) is 12.9 Å². The molecule has 0 aliphatic carbocycles. The van der Waals surface area contributed by atoms with E-state index in [4.69, 9.17) is 5.84 Å². The average Bonchev–Trinajstić information content (AvgIpc) is 2.65. The molecule has 2 heterocycles. The molecule has 0 fully saturated rings. The van der Waals surface area contributed by atoms with Crippen molar-refractivity contribution in [2.75, 3.05) is 0 Å². The van der Waals surface area contributed by atoms with E-state index in [2.05, 4.69) is 53.4 Å². The number of halogens is 2. The smallest absolute Gasteiger partial charge is 0.0733 e. The fourth-order valence-corrected chi connectivity index (χ4v) is 3.24. The number of hydrogen-bond acceptors (Lipinski definition) is 4. The molecule has 0 bridgehead atoms. The Labute approximate surface area is 128 Å². The van der Waals surface area contributed by atoms with E-state index >= 15 is 0 Å². The van der Waals surface area contributed by atoms with Crippen LogP contribution >= 0.6 is 31.9 Å². The molecule has 7 heteroatoms. The summed E-state index contributed by atoms with van der Waals surface area (Å²) in [5.74, 6) is 5.66. The Hall–Kier alpha value is -0.760. The summed E-state index contributed by atoms with van der Waals surface area (Å²) in [6, 6.07) is 3.94. The van der Waals surface area contributed by atoms with Gasteiger partial charge in [0.2, 0.25) is 0 Å². The van der Waals surface area contributed by atoms with E-state index in [0.717, 1.165) is 32.4 Å². The SMILES string of the molecule is Cc1cc(CC(NN)c2ncc(Br)cc2Br)n(C)n1. The van der Waals surface area contributed by atoms with Gasteiger partial charge in [-0.3, -0.25) is 20.9 Å². The molecular weight excluding hydrogens is 374 g/mol. The van der Waals surface area contributed by atoms with Gasteiger partial charge in [0.15, 0.2) is 0 Å². The number of nitrogens with zero attached hydrogens (tertiary/aromatic N) is 3. The summed E-state index contributed by atoms with van der Waals surface area (Å²) in [6.07, 6.45) is 2.49. The number of aryl methyl sites for hydroxylation is 2. The maximum absolute atomic E-state index is 5.66. The molecule has 102 valence electrons. The number of pyridine rings is 1. The predicted octanol–water partition coefficient (Wildman–Crippen LogP) is 2.40. The van der Waals surface area contributed by atoms with Crippen LogP contribution in [0.3, 0.4) is 0 Å². The molecule has 3 N–H and O–H groups in total. The highest BCUT2D eigenvalue weighted by atomic mass is 79.9. The van der Waals surface area contributed by atoms with Crippen LogP contribution in [0.25, 0.3) is 0 Å². The maximum Gasteiger partial charge on any atom is 0.0733 e. The van der Waals surface area contributed by atoms with Crippen LogP contribution in [-0.4, -0.2) is 14.8 Å². The molecule has 19 heavy (non-hydrogen) atoms. The zero-order valence-electron chi connectivity index (χ0n) is 10.7. The largest absolute Gasteiger partial charge is 0.272 e. The first-order valence-corrected chi connectivity index (χ1v) is 7.36. The number of nitrogens with one attached hydrogen (secondary N) is 1. The van der Waals surface area contributed by atoms with Gasteiger partial charge in [-0.05, 0) is 50.9 Å². The van der Waals surface area contributed by atoms with Gasteiger partial charge in [-0.15, -0.1) is 0 Å². The molecule has 2 aromatic rings. The normalized spacial score (nSPS) is 12.7. The van der Waals surface area contributed by atoms with E-state index in [9.17, 15) is 0 Å². The lowest BCUT2D eigenvalue weighted by Gasteiger charge is -2.17. The number of hydrazine groups is 1. The fraction of sp³-hybridized carbons (Fsp3) is 0.333. The molecule has 0 spiro atoms. The highest BCUT2D eigenvalue weighted by molar-refractivity contribution is 9.11. The van der Waals surface area contributed by atoms with Crippen LogP contribution in [0.4, 0.5) is 0 Å². The van der Waals surface area contributed by atoms with Gasteiger partial charge < -0.3 is 0 Å². The predicted molar refractivity (Wildman–Crippen MR) is 81.4 cm³/mol. The van der Waals surface area contributed by atoms with Gasteiger partial charge in [0.1, 0.15) is 0 Å². The summed E-state index contributed by atoms with van der Waals surface area (Å²) in [6.45, 7) is 1.97. The van der Waals surface area contributed by atoms with Crippen molar-refractivity contribution in [3.63, 3.8) is 0 Å². The molecule has 5 nitrogen and oxygen atoms in total. The van der Waals surface area contributed by atoms with E-state index in [1.54, 1.807) is 6.20 Å². The van der Waals surface area contributed by atoms with Gasteiger partial charge in [0, 0.05) is 34.3 Å². The van der Waals surface area contributed by atoms with Gasteiger partial charge in [-0.1, -0.05) is 0 Å². The molecule has 1 atom stereocenters. The molecule has 0 radical (unpaired) electrons. The van der Waals surface area contributed by atoms with Crippen LogP contribution in [0.5, 0.6) is 0 Å². The van der Waals surface area contributed by atoms with Crippen molar-refractivity contribution in [3.05, 3.63) is 44.4 Å². The first-order valence-electron chi connectivity index (χ1n) is 5.78. The minimum Gasteiger partial charge on any atom is -0.272 e. The molecule has 0 aliphatic rings. The monoisotopic (exact) mass is 387 g/mol. The summed E-state index contributed by atoms with van der Waals surface area (Å²) >= 11 is 6.91. The van der Waals surface area contributed by atoms with Crippen molar-refractivity contribution >= 4 is 31.9 Å². The molecule has 0 aromatic carbocycles. The molecule has 0 amide bonds. The quantitative estimate of drug-likeness (QED) is 0.623. The lowest BCUT2D eigenvalue weighted by atomic mass is 10.1. The van der Waals surface area contributed by atoms with Gasteiger partial charge >= 0.3 is 0 Å². The second-order valence-electron chi connectivity index (χ2n) is 4.34. The fourth-order valence-electron chi connectivity index (χ4n) is 1.98. The average molecular weight is 389 g/mol. The number of aromatic nitrogens is 3. The second-order valence-corrected chi connectivity index (χ2v) is 6.11. The third-order valence-electron chi connectivity index (χ3n) is 2.88. The molecule has 2 aromatic heterocycles. The standard InChI is InChI=1S/C12H15Br2N5/c1-7-3-9(19(2)18-7)5-11(17-15)12-10(14)4-8(13)6-16-12/h3-4,6,11,17H,5,15H2,1-2H3. The van der Waals surface area contributed by atoms with Crippen molar-refractivity contribution in [2.45, 2.75) is 19.4 Å². The van der Waals surface area contributed by atoms with Gasteiger partial charge in [-0.25, -0.2) is 0 Å². The van der Waals surface area contributed by atoms with Gasteiger partial charge in [0.25, 0.3) is 0 Å². The van der Waals surface area contributed by atoms with Crippen LogP contribution < -0.4 is 11.3 Å². The Morgan fingerprint density at radius 2 is 2.16 bits per heavy atom. The first-order chi connectivity index (χ1) is 9.01. The summed E-state index contributed by atoms with van der Waals surface area (Å²) in [5.41, 5.74) is 5.80. The summed E-state index contributed by atoms with van der Waals surface area (Å²) in [7, 11) is 1.93. The van der Waals surface area contributed by atoms with Gasteiger partial charge in [0.05, 0.1) is 17.4 Å². The van der Waals surface area contributed by atoms with Crippen LogP contribution in [-0.2, 0) is 13.5 Å². The lowest BCUT2D eigenvalue weighted by Crippen LogP contribution is -2.31. The Balaban J connectivity index is 2.27. The van der Waals surface area contributed by atoms with Crippen molar-refractivity contribution in [1.82, 2.24) is 20.2 Å². The zero-order chi connectivity index (χ0) is 14.0. The third-order valence-corrected chi connectivity index (χ3v) is 3.95. The van der Waals surface area contributed by atoms with Crippen LogP contribution in [0.2, 0.25) is 0 Å². The Morgan fingerprint density at radius 1 is 1.42 bits per heavy atom. The van der Waals surface area contributed by atoms with Crippen molar-refractivity contribution < 1.29 is 0 Å². The topological polar surface area (TPSA) is 68.8 Å². The summed E-state index contributed by atoms with van der Waals surface area (Å²) < 4.78 is 3.71. The second kappa shape index (κ2) is 6.13. The third kappa shape index (κ3) is 3.42. The number of hydrogen-bond donors (Lipinski definition) is 2. The van der Waals surface area contributed by atoms with Crippen LogP contribution in [0.15, 0.2) is 27.3 Å². The Bertz CT molecular complexity index is 581. The minimum absolute atomic E-state index is 0.0720. The van der Waals surface area contributed by atoms with E-state index in [1.807, 2.05) is 24.7 Å². The van der Waals surface area contributed by atoms with E-state index in [-0.39, 0.29) is 6.04 Å². The molecule has 0 saturated carbocycles. The summed E-state index contributed by atoms with van der Waals surface area (Å²) in [5, 5.41) is 4.34. The summed E-state index contributed by atoms with van der Waals surface area (Å²) in [4.78, 5) is 4.42. The van der Waals surface area contributed by atoms with E-state index in [0.29, 0.717) is 0 Å². The first kappa shape index (κ1) is 14.6. The Morgan fingerprint density at radius 3 is 2.68 bits per heavy atom. The van der Waals surface area contributed by atoms with Crippen molar-refractivity contribution in [1.29, 1.82) is 0 Å². The molecular formula is C12H15Br2N5. The van der Waals surface area contributed by atoms with E-state index in [1.165, 1.54) is 0 Å². The van der Waals surface area contributed by atoms with Crippen LogP contribution in [0.1, 0.15) is 23.1 Å². The Kier molecular flexibility index (Phi) is 4.72. The molecule has 1 unspecified atom stereocenters. The zero-order valence-corrected chi connectivity index (χ0v) is 13.9. The number of nitrogens with two attached hydrogens (primary N) is 1. The highest BCUT2D eigenvalue weighted by Gasteiger charge is 2.17. The van der Waals surface area contributed by atoms with Gasteiger partial charge in [-0.2, -0.15) is 5.10 Å². The minimum atomic E-state index is -0.0720. The van der Waals surface area contributed by atoms with E-state index < -0.39 is 0 Å². The highest BCUT2D eigenvalue weighted by Crippen LogP contribution is 2.26. The van der Waals surface area contributed by atoms with Crippen LogP contribution in [0, 0.1) is 6.92 Å². The number of rotatable bonds is 4. The molecule has 0 saturated heterocycles. The van der Waals surface area contributed by atoms with Crippen molar-refractivity contribution in [3.8, 4) is 0 Å². The molecule has 2 rings (SSSR count). The lowest BCUT2D eigenvalue weighted by molar-refractivity contribution is 0.516. The maximum atomic E-state index is 5.66. The molecule has 0 aliphatic heterocycles.